The van der Waals surface area contributed by atoms with Gasteiger partial charge in [0.15, 0.2) is 0 Å². The number of nitrogens with one attached hydrogen (secondary N) is 1. The van der Waals surface area contributed by atoms with Gasteiger partial charge in [-0.25, -0.2) is 0 Å². The molecule has 0 bridgehead atoms. The fraction of sp³-hybridized carbons (Fsp3) is 0.333. The maximum atomic E-state index is 11.7. The van der Waals surface area contributed by atoms with Crippen molar-refractivity contribution in [2.24, 2.45) is 5.73 Å². The Morgan fingerprint density at radius 3 is 2.47 bits per heavy atom. The van der Waals surface area contributed by atoms with Crippen molar-refractivity contribution in [3.8, 4) is 0 Å². The number of nitrogens with two attached hydrogens (primary N) is 1. The van der Waals surface area contributed by atoms with Crippen LogP contribution < -0.4 is 11.1 Å². The number of benzene rings is 1. The Balaban J connectivity index is 2.44. The normalized spacial score (nSPS) is 10.3. The molecule has 1 amide bonds. The molecule has 0 saturated heterocycles. The number of thiocarbonyl (C=S) groups is 1. The minimum absolute atomic E-state index is 0.0763. The smallest absolute Gasteiger partial charge is 0.238 e. The molecule has 0 fully saturated rings. The van der Waals surface area contributed by atoms with Crippen LogP contribution in [0.5, 0.6) is 0 Å². The van der Waals surface area contributed by atoms with Gasteiger partial charge in [-0.2, -0.15) is 0 Å². The molecule has 0 aliphatic rings. The molecular weight excluding hydrogens is 234 g/mol. The third-order valence-corrected chi connectivity index (χ3v) is 2.30. The number of hydrogen-bond donors (Lipinski definition) is 2. The third-order valence-electron chi connectivity index (χ3n) is 2.17. The van der Waals surface area contributed by atoms with Gasteiger partial charge in [-0.15, -0.1) is 0 Å². The number of amides is 1. The molecule has 0 heterocycles. The maximum absolute atomic E-state index is 11.7. The van der Waals surface area contributed by atoms with E-state index in [1.807, 2.05) is 31.2 Å². The highest BCUT2D eigenvalue weighted by Gasteiger charge is 2.07. The molecule has 0 aliphatic heterocycles. The monoisotopic (exact) mass is 251 g/mol. The van der Waals surface area contributed by atoms with Crippen molar-refractivity contribution in [3.05, 3.63) is 29.8 Å². The first kappa shape index (κ1) is 13.6. The fourth-order valence-corrected chi connectivity index (χ4v) is 1.62. The highest BCUT2D eigenvalue weighted by atomic mass is 32.1. The van der Waals surface area contributed by atoms with Crippen LogP contribution in [0.25, 0.3) is 0 Å². The Kier molecular flexibility index (Phi) is 5.06. The molecule has 3 N–H and O–H groups in total. The van der Waals surface area contributed by atoms with Gasteiger partial charge in [0.1, 0.15) is 0 Å². The minimum Gasteiger partial charge on any atom is -0.392 e. The molecule has 5 heteroatoms. The van der Waals surface area contributed by atoms with Gasteiger partial charge in [-0.3, -0.25) is 9.69 Å². The lowest BCUT2D eigenvalue weighted by atomic mass is 10.2. The molecule has 1 aromatic rings. The Bertz CT molecular complexity index is 403. The summed E-state index contributed by atoms with van der Waals surface area (Å²) in [6, 6.07) is 7.66. The van der Waals surface area contributed by atoms with E-state index in [1.165, 1.54) is 0 Å². The van der Waals surface area contributed by atoms with Crippen molar-refractivity contribution >= 4 is 28.8 Å². The first-order chi connectivity index (χ1) is 7.97. The van der Waals surface area contributed by atoms with Crippen LogP contribution in [0.3, 0.4) is 0 Å². The number of nitrogens with zero attached hydrogens (tertiary/aromatic N) is 1. The SMILES string of the molecule is Cc1ccc(NC(=O)CN(C)CC(N)=S)cc1. The van der Waals surface area contributed by atoms with Gasteiger partial charge < -0.3 is 11.1 Å². The van der Waals surface area contributed by atoms with Crippen molar-refractivity contribution in [2.75, 3.05) is 25.5 Å². The van der Waals surface area contributed by atoms with E-state index < -0.39 is 0 Å². The second kappa shape index (κ2) is 6.32. The zero-order chi connectivity index (χ0) is 12.8. The van der Waals surface area contributed by atoms with Gasteiger partial charge in [-0.1, -0.05) is 29.9 Å². The molecule has 1 aromatic carbocycles. The number of anilines is 1. The summed E-state index contributed by atoms with van der Waals surface area (Å²) in [5.41, 5.74) is 7.35. The van der Waals surface area contributed by atoms with Crippen molar-refractivity contribution in [1.29, 1.82) is 0 Å². The predicted molar refractivity (Wildman–Crippen MR) is 74.1 cm³/mol. The summed E-state index contributed by atoms with van der Waals surface area (Å²) in [7, 11) is 1.80. The molecule has 17 heavy (non-hydrogen) atoms. The molecule has 0 spiro atoms. The van der Waals surface area contributed by atoms with Crippen molar-refractivity contribution < 1.29 is 4.79 Å². The summed E-state index contributed by atoms with van der Waals surface area (Å²) >= 11 is 4.77. The van der Waals surface area contributed by atoms with Crippen LogP contribution in [-0.4, -0.2) is 35.9 Å². The minimum atomic E-state index is -0.0763. The summed E-state index contributed by atoms with van der Waals surface area (Å²) in [6.45, 7) is 2.71. The number of carbonyl (C=O) groups excluding carboxylic acids is 1. The fourth-order valence-electron chi connectivity index (χ4n) is 1.40. The van der Waals surface area contributed by atoms with Crippen molar-refractivity contribution in [1.82, 2.24) is 4.90 Å². The summed E-state index contributed by atoms with van der Waals surface area (Å²) < 4.78 is 0. The molecule has 0 aromatic heterocycles. The average Bonchev–Trinajstić information content (AvgIpc) is 2.19. The van der Waals surface area contributed by atoms with Gasteiger partial charge in [0.25, 0.3) is 0 Å². The first-order valence-electron chi connectivity index (χ1n) is 5.31. The van der Waals surface area contributed by atoms with Gasteiger partial charge in [0, 0.05) is 12.2 Å². The van der Waals surface area contributed by atoms with Gasteiger partial charge in [0.2, 0.25) is 5.91 Å². The van der Waals surface area contributed by atoms with Crippen LogP contribution in [0.2, 0.25) is 0 Å². The van der Waals surface area contributed by atoms with E-state index in [9.17, 15) is 4.79 Å². The molecule has 0 atom stereocenters. The van der Waals surface area contributed by atoms with Gasteiger partial charge in [0.05, 0.1) is 11.5 Å². The molecule has 0 aliphatic carbocycles. The number of carbonyl (C=O) groups is 1. The lowest BCUT2D eigenvalue weighted by molar-refractivity contribution is -0.116. The van der Waals surface area contributed by atoms with E-state index in [2.05, 4.69) is 5.32 Å². The summed E-state index contributed by atoms with van der Waals surface area (Å²) in [5, 5.41) is 2.81. The quantitative estimate of drug-likeness (QED) is 0.771. The zero-order valence-electron chi connectivity index (χ0n) is 10.1. The van der Waals surface area contributed by atoms with Crippen LogP contribution in [-0.2, 0) is 4.79 Å². The maximum Gasteiger partial charge on any atom is 0.238 e. The van der Waals surface area contributed by atoms with E-state index in [1.54, 1.807) is 11.9 Å². The van der Waals surface area contributed by atoms with E-state index in [0.717, 1.165) is 11.3 Å². The van der Waals surface area contributed by atoms with E-state index in [0.29, 0.717) is 11.5 Å². The topological polar surface area (TPSA) is 58.4 Å². The third kappa shape index (κ3) is 5.42. The molecular formula is C12H17N3OS. The summed E-state index contributed by atoms with van der Waals surface area (Å²) in [6.07, 6.45) is 0. The van der Waals surface area contributed by atoms with E-state index >= 15 is 0 Å². The molecule has 1 rings (SSSR count). The highest BCUT2D eigenvalue weighted by Crippen LogP contribution is 2.08. The predicted octanol–water partition coefficient (Wildman–Crippen LogP) is 1.15. The van der Waals surface area contributed by atoms with Crippen LogP contribution in [0.15, 0.2) is 24.3 Å². The van der Waals surface area contributed by atoms with Crippen LogP contribution in [0.1, 0.15) is 5.56 Å². The second-order valence-corrected chi connectivity index (χ2v) is 4.58. The number of likely N-dealkylation sites (N-methyl/N-ethyl adjacent to an activating group) is 1. The Morgan fingerprint density at radius 2 is 1.94 bits per heavy atom. The zero-order valence-corrected chi connectivity index (χ0v) is 10.9. The standard InChI is InChI=1S/C12H17N3OS/c1-9-3-5-10(6-4-9)14-12(16)8-15(2)7-11(13)17/h3-6H,7-8H2,1-2H3,(H2,13,17)(H,14,16). The Labute approximate surface area is 107 Å². The Morgan fingerprint density at radius 1 is 1.35 bits per heavy atom. The molecule has 4 nitrogen and oxygen atoms in total. The van der Waals surface area contributed by atoms with E-state index in [4.69, 9.17) is 18.0 Å². The Hall–Kier alpha value is -1.46. The van der Waals surface area contributed by atoms with Crippen molar-refractivity contribution in [3.63, 3.8) is 0 Å². The molecule has 92 valence electrons. The highest BCUT2D eigenvalue weighted by molar-refractivity contribution is 7.80. The van der Waals surface area contributed by atoms with Gasteiger partial charge >= 0.3 is 0 Å². The summed E-state index contributed by atoms with van der Waals surface area (Å²) in [4.78, 5) is 13.8. The molecule has 0 radical (unpaired) electrons. The van der Waals surface area contributed by atoms with Gasteiger partial charge in [-0.05, 0) is 26.1 Å². The number of rotatable bonds is 5. The lowest BCUT2D eigenvalue weighted by Crippen LogP contribution is -2.35. The lowest BCUT2D eigenvalue weighted by Gasteiger charge is -2.15. The van der Waals surface area contributed by atoms with Crippen LogP contribution in [0.4, 0.5) is 5.69 Å². The largest absolute Gasteiger partial charge is 0.392 e. The second-order valence-electron chi connectivity index (χ2n) is 4.05. The summed E-state index contributed by atoms with van der Waals surface area (Å²) in [5.74, 6) is -0.0763. The van der Waals surface area contributed by atoms with E-state index in [-0.39, 0.29) is 12.5 Å². The van der Waals surface area contributed by atoms with Crippen LogP contribution in [0, 0.1) is 6.92 Å². The number of hydrogen-bond acceptors (Lipinski definition) is 3. The molecule has 0 unspecified atom stereocenters. The van der Waals surface area contributed by atoms with Crippen molar-refractivity contribution in [2.45, 2.75) is 6.92 Å². The average molecular weight is 251 g/mol. The number of aryl methyl sites for hydroxylation is 1. The van der Waals surface area contributed by atoms with Crippen LogP contribution >= 0.6 is 12.2 Å². The first-order valence-corrected chi connectivity index (χ1v) is 5.71. The molecule has 0 saturated carbocycles.